The fourth-order valence-corrected chi connectivity index (χ4v) is 4.58. The maximum atomic E-state index is 12.6. The van der Waals surface area contributed by atoms with Gasteiger partial charge in [0, 0.05) is 31.0 Å². The first-order valence-electron chi connectivity index (χ1n) is 8.26. The van der Waals surface area contributed by atoms with Crippen LogP contribution in [0.1, 0.15) is 28.8 Å². The van der Waals surface area contributed by atoms with Crippen molar-refractivity contribution in [1.82, 2.24) is 9.29 Å². The summed E-state index contributed by atoms with van der Waals surface area (Å²) < 4.78 is 26.7. The molecule has 0 unspecified atom stereocenters. The molecule has 0 bridgehead atoms. The number of nitrogens with zero attached hydrogens (tertiary/aromatic N) is 2. The van der Waals surface area contributed by atoms with Crippen LogP contribution >= 0.6 is 0 Å². The number of sulfonamides is 1. The van der Waals surface area contributed by atoms with E-state index in [9.17, 15) is 13.2 Å². The van der Waals surface area contributed by atoms with E-state index >= 15 is 0 Å². The molecule has 2 N–H and O–H groups in total. The van der Waals surface area contributed by atoms with Crippen molar-refractivity contribution in [3.05, 3.63) is 59.9 Å². The number of nitrogens with two attached hydrogens (primary N) is 1. The Morgan fingerprint density at radius 2 is 1.84 bits per heavy atom. The molecule has 7 heteroatoms. The van der Waals surface area contributed by atoms with Crippen LogP contribution in [-0.2, 0) is 16.4 Å². The van der Waals surface area contributed by atoms with Crippen LogP contribution < -0.4 is 5.73 Å². The molecule has 1 fully saturated rings. The van der Waals surface area contributed by atoms with Crippen molar-refractivity contribution in [1.29, 1.82) is 0 Å². The molecule has 0 saturated carbocycles. The number of carbonyl (C=O) groups excluding carboxylic acids is 1. The molecule has 1 amide bonds. The minimum absolute atomic E-state index is 0.246. The van der Waals surface area contributed by atoms with Crippen LogP contribution in [-0.4, -0.2) is 36.7 Å². The number of rotatable bonds is 5. The maximum absolute atomic E-state index is 12.6. The number of piperidine rings is 1. The summed E-state index contributed by atoms with van der Waals surface area (Å²) >= 11 is 0. The molecule has 0 radical (unpaired) electrons. The Morgan fingerprint density at radius 3 is 2.40 bits per heavy atom. The molecule has 1 aliphatic heterocycles. The number of benzene rings is 1. The molecule has 6 nitrogen and oxygen atoms in total. The Hall–Kier alpha value is -2.25. The molecule has 0 aliphatic carbocycles. The molecule has 1 saturated heterocycles. The Balaban J connectivity index is 1.59. The fourth-order valence-electron chi connectivity index (χ4n) is 3.14. The number of hydrogen-bond donors (Lipinski definition) is 1. The molecule has 25 heavy (non-hydrogen) atoms. The summed E-state index contributed by atoms with van der Waals surface area (Å²) in [6.07, 6.45) is 5.46. The second-order valence-electron chi connectivity index (χ2n) is 6.30. The smallest absolute Gasteiger partial charge is 0.248 e. The highest BCUT2D eigenvalue weighted by atomic mass is 32.2. The van der Waals surface area contributed by atoms with Crippen LogP contribution in [0.4, 0.5) is 0 Å². The van der Waals surface area contributed by atoms with Gasteiger partial charge in [0.15, 0.2) is 0 Å². The average molecular weight is 359 g/mol. The van der Waals surface area contributed by atoms with Crippen molar-refractivity contribution in [2.24, 2.45) is 11.7 Å². The van der Waals surface area contributed by atoms with Crippen molar-refractivity contribution in [3.8, 4) is 0 Å². The van der Waals surface area contributed by atoms with Crippen LogP contribution in [0.3, 0.4) is 0 Å². The topological polar surface area (TPSA) is 93.4 Å². The van der Waals surface area contributed by atoms with Crippen LogP contribution in [0.15, 0.2) is 53.7 Å². The summed E-state index contributed by atoms with van der Waals surface area (Å²) in [6.45, 7) is 1.03. The maximum Gasteiger partial charge on any atom is 0.248 e. The lowest BCUT2D eigenvalue weighted by atomic mass is 9.91. The van der Waals surface area contributed by atoms with Crippen LogP contribution in [0, 0.1) is 5.92 Å². The van der Waals surface area contributed by atoms with Crippen LogP contribution in [0.25, 0.3) is 0 Å². The van der Waals surface area contributed by atoms with Crippen LogP contribution in [0.2, 0.25) is 0 Å². The van der Waals surface area contributed by atoms with Gasteiger partial charge in [0.25, 0.3) is 0 Å². The number of pyridine rings is 1. The normalized spacial score (nSPS) is 16.6. The van der Waals surface area contributed by atoms with Gasteiger partial charge in [-0.2, -0.15) is 4.31 Å². The van der Waals surface area contributed by atoms with E-state index in [1.807, 2.05) is 12.1 Å². The second kappa shape index (κ2) is 7.33. The lowest BCUT2D eigenvalue weighted by Crippen LogP contribution is -2.38. The second-order valence-corrected chi connectivity index (χ2v) is 8.24. The quantitative estimate of drug-likeness (QED) is 0.881. The van der Waals surface area contributed by atoms with Gasteiger partial charge in [0.1, 0.15) is 4.90 Å². The Morgan fingerprint density at radius 1 is 1.16 bits per heavy atom. The van der Waals surface area contributed by atoms with Crippen molar-refractivity contribution >= 4 is 15.9 Å². The molecule has 1 aliphatic rings. The molecule has 1 aromatic carbocycles. The predicted molar refractivity (Wildman–Crippen MR) is 94.4 cm³/mol. The van der Waals surface area contributed by atoms with E-state index in [2.05, 4.69) is 4.98 Å². The molecule has 2 heterocycles. The van der Waals surface area contributed by atoms with Crippen molar-refractivity contribution in [2.45, 2.75) is 24.2 Å². The Bertz CT molecular complexity index is 828. The van der Waals surface area contributed by atoms with Gasteiger partial charge in [-0.1, -0.05) is 12.1 Å². The molecule has 1 aromatic heterocycles. The van der Waals surface area contributed by atoms with Crippen molar-refractivity contribution < 1.29 is 13.2 Å². The number of primary amides is 1. The number of amides is 1. The highest BCUT2D eigenvalue weighted by Crippen LogP contribution is 2.26. The van der Waals surface area contributed by atoms with Gasteiger partial charge in [-0.25, -0.2) is 8.42 Å². The highest BCUT2D eigenvalue weighted by Gasteiger charge is 2.29. The van der Waals surface area contributed by atoms with Crippen LogP contribution in [0.5, 0.6) is 0 Å². The third-order valence-electron chi connectivity index (χ3n) is 4.61. The van der Waals surface area contributed by atoms with E-state index in [1.165, 1.54) is 10.5 Å². The third-order valence-corrected chi connectivity index (χ3v) is 6.49. The predicted octanol–water partition coefficient (Wildman–Crippen LogP) is 1.82. The summed E-state index contributed by atoms with van der Waals surface area (Å²) in [6, 6.07) is 10.5. The minimum atomic E-state index is -3.45. The lowest BCUT2D eigenvalue weighted by Gasteiger charge is -2.31. The molecule has 3 rings (SSSR count). The monoisotopic (exact) mass is 359 g/mol. The summed E-state index contributed by atoms with van der Waals surface area (Å²) in [4.78, 5) is 15.2. The molecular weight excluding hydrogens is 338 g/mol. The zero-order valence-electron chi connectivity index (χ0n) is 13.8. The SMILES string of the molecule is NC(=O)c1ccc(CC2CCN(S(=O)(=O)c3cccnc3)CC2)cc1. The first kappa shape index (κ1) is 17.6. The van der Waals surface area contributed by atoms with Gasteiger partial charge in [0.2, 0.25) is 15.9 Å². The van der Waals surface area contributed by atoms with E-state index < -0.39 is 15.9 Å². The minimum Gasteiger partial charge on any atom is -0.366 e. The first-order valence-corrected chi connectivity index (χ1v) is 9.70. The summed E-state index contributed by atoms with van der Waals surface area (Å²) in [5, 5.41) is 0. The summed E-state index contributed by atoms with van der Waals surface area (Å²) in [7, 11) is -3.45. The largest absolute Gasteiger partial charge is 0.366 e. The lowest BCUT2D eigenvalue weighted by molar-refractivity contribution is 0.100. The van der Waals surface area contributed by atoms with E-state index in [4.69, 9.17) is 5.73 Å². The number of carbonyl (C=O) groups is 1. The standard InChI is InChI=1S/C18H21N3O3S/c19-18(22)16-5-3-14(4-6-16)12-15-7-10-21(11-8-15)25(23,24)17-2-1-9-20-13-17/h1-6,9,13,15H,7-8,10-12H2,(H2,19,22). The number of aromatic nitrogens is 1. The molecule has 132 valence electrons. The highest BCUT2D eigenvalue weighted by molar-refractivity contribution is 7.89. The molecule has 0 spiro atoms. The van der Waals surface area contributed by atoms with Gasteiger partial charge in [0.05, 0.1) is 0 Å². The van der Waals surface area contributed by atoms with Gasteiger partial charge in [-0.15, -0.1) is 0 Å². The van der Waals surface area contributed by atoms with Gasteiger partial charge < -0.3 is 5.73 Å². The van der Waals surface area contributed by atoms with Gasteiger partial charge in [-0.05, 0) is 55.0 Å². The van der Waals surface area contributed by atoms with E-state index in [-0.39, 0.29) is 4.90 Å². The van der Waals surface area contributed by atoms with Gasteiger partial charge >= 0.3 is 0 Å². The molecule has 2 aromatic rings. The van der Waals surface area contributed by atoms with E-state index in [0.29, 0.717) is 24.6 Å². The first-order chi connectivity index (χ1) is 12.0. The van der Waals surface area contributed by atoms with E-state index in [0.717, 1.165) is 24.8 Å². The van der Waals surface area contributed by atoms with E-state index in [1.54, 1.807) is 30.5 Å². The molecular formula is C18H21N3O3S. The van der Waals surface area contributed by atoms with Crippen molar-refractivity contribution in [3.63, 3.8) is 0 Å². The molecule has 0 atom stereocenters. The Labute approximate surface area is 147 Å². The van der Waals surface area contributed by atoms with Crippen molar-refractivity contribution in [2.75, 3.05) is 13.1 Å². The third kappa shape index (κ3) is 4.05. The summed E-state index contributed by atoms with van der Waals surface area (Å²) in [5.74, 6) is 0.000225. The van der Waals surface area contributed by atoms with Gasteiger partial charge in [-0.3, -0.25) is 9.78 Å². The zero-order chi connectivity index (χ0) is 17.9. The fraction of sp³-hybridized carbons (Fsp3) is 0.333. The summed E-state index contributed by atoms with van der Waals surface area (Å²) in [5.41, 5.74) is 6.88. The Kier molecular flexibility index (Phi) is 5.15. The zero-order valence-corrected chi connectivity index (χ0v) is 14.7. The average Bonchev–Trinajstić information content (AvgIpc) is 2.63. The number of hydrogen-bond acceptors (Lipinski definition) is 4.